The Hall–Kier alpha value is -7.94. The predicted molar refractivity (Wildman–Crippen MR) is 255 cm³/mol. The maximum atomic E-state index is 2.32. The Labute approximate surface area is 352 Å². The van der Waals surface area contributed by atoms with Crippen molar-refractivity contribution < 1.29 is 0 Å². The van der Waals surface area contributed by atoms with Gasteiger partial charge in [-0.25, -0.2) is 0 Å². The normalized spacial score (nSPS) is 11.0. The first-order valence-corrected chi connectivity index (χ1v) is 20.5. The Morgan fingerprint density at radius 2 is 0.450 bits per heavy atom. The SMILES string of the molecule is c1ccc(-c2ccc(N(c3ccccc3)c3ccc(-c4cccc5cccc(-c6ccc(N(c7ccccc7)c7ccc(-c8ccccc8)cc7)cc6)c45)cc3)cc2)cc1. The molecular weight excluding hydrogens is 725 g/mol. The number of nitrogens with zero attached hydrogens (tertiary/aromatic N) is 2. The molecule has 0 radical (unpaired) electrons. The minimum Gasteiger partial charge on any atom is -0.311 e. The molecule has 2 nitrogen and oxygen atoms in total. The molecule has 60 heavy (non-hydrogen) atoms. The molecular formula is C58H42N2. The molecule has 0 aliphatic heterocycles. The van der Waals surface area contributed by atoms with Gasteiger partial charge in [0.1, 0.15) is 0 Å². The first-order chi connectivity index (χ1) is 29.8. The lowest BCUT2D eigenvalue weighted by Crippen LogP contribution is -2.09. The summed E-state index contributed by atoms with van der Waals surface area (Å²) in [6, 6.07) is 91.3. The lowest BCUT2D eigenvalue weighted by Gasteiger charge is -2.26. The molecule has 0 spiro atoms. The van der Waals surface area contributed by atoms with Crippen molar-refractivity contribution in [2.24, 2.45) is 0 Å². The zero-order valence-corrected chi connectivity index (χ0v) is 33.1. The first kappa shape index (κ1) is 36.4. The second-order valence-corrected chi connectivity index (χ2v) is 15.0. The summed E-state index contributed by atoms with van der Waals surface area (Å²) in [5.74, 6) is 0. The summed E-state index contributed by atoms with van der Waals surface area (Å²) in [6.45, 7) is 0. The topological polar surface area (TPSA) is 6.48 Å². The molecule has 2 heteroatoms. The molecule has 10 aromatic carbocycles. The van der Waals surface area contributed by atoms with Gasteiger partial charge in [-0.1, -0.05) is 182 Å². The summed E-state index contributed by atoms with van der Waals surface area (Å²) in [4.78, 5) is 4.65. The fourth-order valence-electron chi connectivity index (χ4n) is 8.32. The van der Waals surface area contributed by atoms with Crippen molar-refractivity contribution in [2.45, 2.75) is 0 Å². The van der Waals surface area contributed by atoms with E-state index < -0.39 is 0 Å². The zero-order valence-electron chi connectivity index (χ0n) is 33.1. The van der Waals surface area contributed by atoms with Crippen molar-refractivity contribution in [3.8, 4) is 44.5 Å². The number of para-hydroxylation sites is 2. The standard InChI is InChI=1S/C58H42N2/c1-5-15-43(16-6-1)45-27-35-52(36-28-45)59(50-21-9-3-10-22-50)54-39-31-47(32-40-54)56-25-13-19-49-20-14-26-57(58(49)56)48-33-41-55(42-34-48)60(51-23-11-4-12-24-51)53-37-29-46(30-38-53)44-17-7-2-8-18-44/h1-42H. The van der Waals surface area contributed by atoms with Gasteiger partial charge in [0.05, 0.1) is 0 Å². The van der Waals surface area contributed by atoms with Gasteiger partial charge in [-0.3, -0.25) is 0 Å². The number of rotatable bonds is 10. The van der Waals surface area contributed by atoms with E-state index in [9.17, 15) is 0 Å². The van der Waals surface area contributed by atoms with Gasteiger partial charge >= 0.3 is 0 Å². The van der Waals surface area contributed by atoms with Gasteiger partial charge in [0.15, 0.2) is 0 Å². The summed E-state index contributed by atoms with van der Waals surface area (Å²) in [5.41, 5.74) is 16.3. The van der Waals surface area contributed by atoms with Crippen LogP contribution in [0.25, 0.3) is 55.3 Å². The smallest absolute Gasteiger partial charge is 0.0462 e. The average Bonchev–Trinajstić information content (AvgIpc) is 3.33. The summed E-state index contributed by atoms with van der Waals surface area (Å²) in [7, 11) is 0. The Bertz CT molecular complexity index is 2760. The Balaban J connectivity index is 0.987. The first-order valence-electron chi connectivity index (χ1n) is 20.5. The molecule has 0 unspecified atom stereocenters. The number of benzene rings is 10. The van der Waals surface area contributed by atoms with Crippen LogP contribution in [0.3, 0.4) is 0 Å². The monoisotopic (exact) mass is 766 g/mol. The average molecular weight is 767 g/mol. The van der Waals surface area contributed by atoms with Gasteiger partial charge in [-0.15, -0.1) is 0 Å². The highest BCUT2D eigenvalue weighted by molar-refractivity contribution is 6.06. The summed E-state index contributed by atoms with van der Waals surface area (Å²) < 4.78 is 0. The number of hydrogen-bond acceptors (Lipinski definition) is 2. The molecule has 0 bridgehead atoms. The highest BCUT2D eigenvalue weighted by Gasteiger charge is 2.17. The third kappa shape index (κ3) is 7.35. The number of anilines is 6. The highest BCUT2D eigenvalue weighted by atomic mass is 15.1. The van der Waals surface area contributed by atoms with Gasteiger partial charge in [0.2, 0.25) is 0 Å². The van der Waals surface area contributed by atoms with Crippen LogP contribution in [-0.4, -0.2) is 0 Å². The van der Waals surface area contributed by atoms with Gasteiger partial charge in [-0.05, 0) is 128 Å². The predicted octanol–water partition coefficient (Wildman–Crippen LogP) is 16.4. The molecule has 0 aliphatic carbocycles. The van der Waals surface area contributed by atoms with E-state index in [0.29, 0.717) is 0 Å². The minimum atomic E-state index is 1.10. The lowest BCUT2D eigenvalue weighted by atomic mass is 9.91. The van der Waals surface area contributed by atoms with Gasteiger partial charge < -0.3 is 9.80 Å². The van der Waals surface area contributed by atoms with E-state index in [1.807, 2.05) is 0 Å². The van der Waals surface area contributed by atoms with E-state index >= 15 is 0 Å². The number of fused-ring (bicyclic) bond motifs is 1. The molecule has 284 valence electrons. The fraction of sp³-hybridized carbons (Fsp3) is 0. The van der Waals surface area contributed by atoms with Crippen molar-refractivity contribution in [1.82, 2.24) is 0 Å². The molecule has 0 heterocycles. The maximum Gasteiger partial charge on any atom is 0.0462 e. The van der Waals surface area contributed by atoms with Crippen LogP contribution in [-0.2, 0) is 0 Å². The minimum absolute atomic E-state index is 1.10. The van der Waals surface area contributed by atoms with Crippen molar-refractivity contribution in [3.63, 3.8) is 0 Å². The maximum absolute atomic E-state index is 2.32. The second-order valence-electron chi connectivity index (χ2n) is 15.0. The molecule has 0 saturated heterocycles. The van der Waals surface area contributed by atoms with E-state index in [0.717, 1.165) is 34.1 Å². The van der Waals surface area contributed by atoms with Gasteiger partial charge in [0.25, 0.3) is 0 Å². The molecule has 10 rings (SSSR count). The van der Waals surface area contributed by atoms with Crippen LogP contribution < -0.4 is 9.80 Å². The molecule has 0 aromatic heterocycles. The van der Waals surface area contributed by atoms with Crippen molar-refractivity contribution >= 4 is 44.9 Å². The van der Waals surface area contributed by atoms with Crippen LogP contribution in [0.2, 0.25) is 0 Å². The van der Waals surface area contributed by atoms with Crippen LogP contribution in [0.4, 0.5) is 34.1 Å². The molecule has 0 fully saturated rings. The van der Waals surface area contributed by atoms with E-state index in [4.69, 9.17) is 0 Å². The van der Waals surface area contributed by atoms with Gasteiger partial charge in [-0.2, -0.15) is 0 Å². The third-order valence-corrected chi connectivity index (χ3v) is 11.3. The van der Waals surface area contributed by atoms with Crippen LogP contribution in [0.15, 0.2) is 255 Å². The van der Waals surface area contributed by atoms with Crippen molar-refractivity contribution in [3.05, 3.63) is 255 Å². The van der Waals surface area contributed by atoms with Crippen LogP contribution in [0, 0.1) is 0 Å². The summed E-state index contributed by atoms with van der Waals surface area (Å²) in [6.07, 6.45) is 0. The molecule has 0 atom stereocenters. The Morgan fingerprint density at radius 3 is 0.783 bits per heavy atom. The molecule has 0 aliphatic rings. The van der Waals surface area contributed by atoms with Crippen LogP contribution in [0.1, 0.15) is 0 Å². The van der Waals surface area contributed by atoms with E-state index in [-0.39, 0.29) is 0 Å². The fourth-order valence-corrected chi connectivity index (χ4v) is 8.32. The lowest BCUT2D eigenvalue weighted by molar-refractivity contribution is 1.28. The van der Waals surface area contributed by atoms with E-state index in [2.05, 4.69) is 265 Å². The second kappa shape index (κ2) is 16.5. The summed E-state index contributed by atoms with van der Waals surface area (Å²) in [5, 5.41) is 2.46. The molecule has 10 aromatic rings. The van der Waals surface area contributed by atoms with Crippen molar-refractivity contribution in [2.75, 3.05) is 9.80 Å². The summed E-state index contributed by atoms with van der Waals surface area (Å²) >= 11 is 0. The zero-order chi connectivity index (χ0) is 40.1. The highest BCUT2D eigenvalue weighted by Crippen LogP contribution is 2.41. The van der Waals surface area contributed by atoms with Crippen LogP contribution >= 0.6 is 0 Å². The Morgan fingerprint density at radius 1 is 0.183 bits per heavy atom. The van der Waals surface area contributed by atoms with E-state index in [1.165, 1.54) is 55.3 Å². The van der Waals surface area contributed by atoms with E-state index in [1.54, 1.807) is 0 Å². The van der Waals surface area contributed by atoms with Crippen LogP contribution in [0.5, 0.6) is 0 Å². The molecule has 0 saturated carbocycles. The number of hydrogen-bond donors (Lipinski definition) is 0. The Kier molecular flexibility index (Phi) is 10.0. The third-order valence-electron chi connectivity index (χ3n) is 11.3. The molecule has 0 N–H and O–H groups in total. The molecule has 0 amide bonds. The van der Waals surface area contributed by atoms with Gasteiger partial charge in [0, 0.05) is 34.1 Å². The quantitative estimate of drug-likeness (QED) is 0.137. The van der Waals surface area contributed by atoms with Crippen molar-refractivity contribution in [1.29, 1.82) is 0 Å². The largest absolute Gasteiger partial charge is 0.311 e.